The van der Waals surface area contributed by atoms with E-state index in [9.17, 15) is 0 Å². The van der Waals surface area contributed by atoms with Crippen LogP contribution in [0.15, 0.2) is 65.7 Å². The van der Waals surface area contributed by atoms with E-state index < -0.39 is 0 Å². The molecule has 4 aromatic rings. The van der Waals surface area contributed by atoms with Crippen LogP contribution in [0.4, 0.5) is 0 Å². The first-order valence-electron chi connectivity index (χ1n) is 9.79. The van der Waals surface area contributed by atoms with E-state index in [4.69, 9.17) is 14.5 Å². The number of nitrogens with zero attached hydrogens (tertiary/aromatic N) is 4. The standard InChI is InChI=1S/C23H20N4O2S2/c1-3-10-27-21(16-6-4-15(2)5-7-16)25-26-23(27)31-13-18-12-30-22(24-18)17-8-9-19-20(11-17)29-14-28-19/h3-9,11-12H,1,10,13-14H2,2H3. The second-order valence-electron chi connectivity index (χ2n) is 7.07. The van der Waals surface area contributed by atoms with E-state index in [-0.39, 0.29) is 6.79 Å². The van der Waals surface area contributed by atoms with Crippen molar-refractivity contribution in [1.29, 1.82) is 0 Å². The molecular formula is C23H20N4O2S2. The molecule has 0 amide bonds. The van der Waals surface area contributed by atoms with Gasteiger partial charge in [-0.1, -0.05) is 47.7 Å². The molecule has 0 saturated heterocycles. The van der Waals surface area contributed by atoms with Crippen LogP contribution in [0.1, 0.15) is 11.3 Å². The van der Waals surface area contributed by atoms with Crippen LogP contribution in [0.2, 0.25) is 0 Å². The highest BCUT2D eigenvalue weighted by Crippen LogP contribution is 2.37. The molecular weight excluding hydrogens is 428 g/mol. The summed E-state index contributed by atoms with van der Waals surface area (Å²) in [7, 11) is 0. The number of thiazole rings is 1. The monoisotopic (exact) mass is 448 g/mol. The maximum atomic E-state index is 5.48. The molecule has 0 bridgehead atoms. The number of aromatic nitrogens is 4. The second kappa shape index (κ2) is 8.56. The number of hydrogen-bond acceptors (Lipinski definition) is 7. The number of aryl methyl sites for hydroxylation is 1. The Bertz CT molecular complexity index is 1230. The lowest BCUT2D eigenvalue weighted by Gasteiger charge is -2.07. The Hall–Kier alpha value is -3.10. The maximum Gasteiger partial charge on any atom is 0.231 e. The van der Waals surface area contributed by atoms with Gasteiger partial charge in [0.25, 0.3) is 0 Å². The fourth-order valence-electron chi connectivity index (χ4n) is 3.28. The lowest BCUT2D eigenvalue weighted by Crippen LogP contribution is -2.00. The first kappa shape index (κ1) is 19.8. The third-order valence-corrected chi connectivity index (χ3v) is 6.80. The molecule has 1 aliphatic rings. The number of benzene rings is 2. The van der Waals surface area contributed by atoms with Gasteiger partial charge >= 0.3 is 0 Å². The van der Waals surface area contributed by atoms with Crippen LogP contribution in [0.3, 0.4) is 0 Å². The van der Waals surface area contributed by atoms with Crippen LogP contribution in [0, 0.1) is 6.92 Å². The lowest BCUT2D eigenvalue weighted by atomic mass is 10.1. The number of allylic oxidation sites excluding steroid dienone is 1. The molecule has 0 aliphatic carbocycles. The van der Waals surface area contributed by atoms with Crippen molar-refractivity contribution in [2.24, 2.45) is 0 Å². The zero-order chi connectivity index (χ0) is 21.2. The van der Waals surface area contributed by atoms with Crippen molar-refractivity contribution in [3.8, 4) is 33.5 Å². The van der Waals surface area contributed by atoms with E-state index in [2.05, 4.69) is 57.9 Å². The van der Waals surface area contributed by atoms with Gasteiger partial charge in [-0.3, -0.25) is 4.57 Å². The Balaban J connectivity index is 1.33. The molecule has 2 aromatic carbocycles. The number of hydrogen-bond donors (Lipinski definition) is 0. The molecule has 0 N–H and O–H groups in total. The second-order valence-corrected chi connectivity index (χ2v) is 8.87. The first-order valence-corrected chi connectivity index (χ1v) is 11.7. The number of fused-ring (bicyclic) bond motifs is 1. The van der Waals surface area contributed by atoms with Crippen molar-refractivity contribution in [3.05, 3.63) is 71.8 Å². The number of thioether (sulfide) groups is 1. The average Bonchev–Trinajstić information content (AvgIpc) is 3.52. The molecule has 2 aromatic heterocycles. The summed E-state index contributed by atoms with van der Waals surface area (Å²) in [5, 5.41) is 12.8. The highest BCUT2D eigenvalue weighted by atomic mass is 32.2. The minimum absolute atomic E-state index is 0.272. The summed E-state index contributed by atoms with van der Waals surface area (Å²) in [4.78, 5) is 4.80. The normalized spacial score (nSPS) is 12.3. The Morgan fingerprint density at radius 3 is 2.74 bits per heavy atom. The average molecular weight is 449 g/mol. The summed E-state index contributed by atoms with van der Waals surface area (Å²) in [6.45, 7) is 6.89. The maximum absolute atomic E-state index is 5.48. The molecule has 0 saturated carbocycles. The molecule has 6 nitrogen and oxygen atoms in total. The van der Waals surface area contributed by atoms with Crippen molar-refractivity contribution < 1.29 is 9.47 Å². The molecule has 5 rings (SSSR count). The Morgan fingerprint density at radius 1 is 1.10 bits per heavy atom. The van der Waals surface area contributed by atoms with E-state index in [0.717, 1.165) is 44.3 Å². The third-order valence-electron chi connectivity index (χ3n) is 4.86. The van der Waals surface area contributed by atoms with Crippen LogP contribution >= 0.6 is 23.1 Å². The van der Waals surface area contributed by atoms with Crippen LogP contribution in [0.5, 0.6) is 11.5 Å². The van der Waals surface area contributed by atoms with E-state index in [1.165, 1.54) is 5.56 Å². The minimum atomic E-state index is 0.272. The largest absolute Gasteiger partial charge is 0.454 e. The number of rotatable bonds is 7. The first-order chi connectivity index (χ1) is 15.2. The van der Waals surface area contributed by atoms with Crippen molar-refractivity contribution in [2.45, 2.75) is 24.4 Å². The SMILES string of the molecule is C=CCn1c(SCc2csc(-c3ccc4c(c3)OCO4)n2)nnc1-c1ccc(C)cc1. The van der Waals surface area contributed by atoms with Gasteiger partial charge in [-0.15, -0.1) is 28.1 Å². The summed E-state index contributed by atoms with van der Waals surface area (Å²) in [5.74, 6) is 3.11. The predicted octanol–water partition coefficient (Wildman–Crippen LogP) is 5.58. The summed E-state index contributed by atoms with van der Waals surface area (Å²) < 4.78 is 13.0. The van der Waals surface area contributed by atoms with Gasteiger partial charge in [0, 0.05) is 28.8 Å². The number of ether oxygens (including phenoxy) is 2. The topological polar surface area (TPSA) is 62.1 Å². The van der Waals surface area contributed by atoms with Crippen molar-refractivity contribution in [2.75, 3.05) is 6.79 Å². The molecule has 156 valence electrons. The van der Waals surface area contributed by atoms with E-state index >= 15 is 0 Å². The van der Waals surface area contributed by atoms with Gasteiger partial charge in [0.15, 0.2) is 22.5 Å². The van der Waals surface area contributed by atoms with Gasteiger partial charge in [-0.2, -0.15) is 0 Å². The van der Waals surface area contributed by atoms with Crippen LogP contribution < -0.4 is 9.47 Å². The molecule has 0 fully saturated rings. The van der Waals surface area contributed by atoms with E-state index in [1.807, 2.05) is 24.3 Å². The predicted molar refractivity (Wildman–Crippen MR) is 124 cm³/mol. The molecule has 0 radical (unpaired) electrons. The fourth-order valence-corrected chi connectivity index (χ4v) is 5.04. The van der Waals surface area contributed by atoms with E-state index in [0.29, 0.717) is 12.3 Å². The fraction of sp³-hybridized carbons (Fsp3) is 0.174. The summed E-state index contributed by atoms with van der Waals surface area (Å²) in [6.07, 6.45) is 1.87. The van der Waals surface area contributed by atoms with Crippen LogP contribution in [-0.2, 0) is 12.3 Å². The van der Waals surface area contributed by atoms with Gasteiger partial charge in [0.1, 0.15) is 5.01 Å². The van der Waals surface area contributed by atoms with Gasteiger partial charge in [-0.25, -0.2) is 4.98 Å². The lowest BCUT2D eigenvalue weighted by molar-refractivity contribution is 0.174. The van der Waals surface area contributed by atoms with Crippen molar-refractivity contribution >= 4 is 23.1 Å². The molecule has 0 unspecified atom stereocenters. The third kappa shape index (κ3) is 4.08. The summed E-state index contributed by atoms with van der Waals surface area (Å²) >= 11 is 3.25. The zero-order valence-electron chi connectivity index (χ0n) is 16.9. The molecule has 3 heterocycles. The van der Waals surface area contributed by atoms with Gasteiger partial charge < -0.3 is 9.47 Å². The van der Waals surface area contributed by atoms with Gasteiger partial charge in [-0.05, 0) is 25.1 Å². The molecule has 31 heavy (non-hydrogen) atoms. The van der Waals surface area contributed by atoms with Crippen molar-refractivity contribution in [1.82, 2.24) is 19.7 Å². The minimum Gasteiger partial charge on any atom is -0.454 e. The molecule has 1 aliphatic heterocycles. The smallest absolute Gasteiger partial charge is 0.231 e. The highest BCUT2D eigenvalue weighted by molar-refractivity contribution is 7.98. The Morgan fingerprint density at radius 2 is 1.90 bits per heavy atom. The molecule has 0 atom stereocenters. The zero-order valence-corrected chi connectivity index (χ0v) is 18.6. The van der Waals surface area contributed by atoms with E-state index in [1.54, 1.807) is 23.1 Å². The Labute approximate surface area is 188 Å². The van der Waals surface area contributed by atoms with Crippen LogP contribution in [0.25, 0.3) is 22.0 Å². The molecule has 8 heteroatoms. The summed E-state index contributed by atoms with van der Waals surface area (Å²) in [5.41, 5.74) is 4.30. The molecule has 0 spiro atoms. The van der Waals surface area contributed by atoms with Gasteiger partial charge in [0.05, 0.1) is 5.69 Å². The quantitative estimate of drug-likeness (QED) is 0.272. The Kier molecular flexibility index (Phi) is 5.48. The van der Waals surface area contributed by atoms with Crippen LogP contribution in [-0.4, -0.2) is 26.5 Å². The highest BCUT2D eigenvalue weighted by Gasteiger charge is 2.17. The summed E-state index contributed by atoms with van der Waals surface area (Å²) in [6, 6.07) is 14.2. The van der Waals surface area contributed by atoms with Gasteiger partial charge in [0.2, 0.25) is 6.79 Å². The van der Waals surface area contributed by atoms with Crippen molar-refractivity contribution in [3.63, 3.8) is 0 Å².